The lowest BCUT2D eigenvalue weighted by Crippen LogP contribution is -2.46. The number of aromatic nitrogens is 4. The second kappa shape index (κ2) is 37.5. The van der Waals surface area contributed by atoms with Crippen LogP contribution in [0.4, 0.5) is 45.8 Å². The number of nitrogens with one attached hydrogen (secondary N) is 4. The van der Waals surface area contributed by atoms with Crippen LogP contribution in [0.2, 0.25) is 5.02 Å². The van der Waals surface area contributed by atoms with E-state index in [-0.39, 0.29) is 50.2 Å². The zero-order chi connectivity index (χ0) is 78.0. The quantitative estimate of drug-likeness (QED) is 0.0136. The minimum absolute atomic E-state index is 0.0892. The third-order valence-corrected chi connectivity index (χ3v) is 24.9. The summed E-state index contributed by atoms with van der Waals surface area (Å²) in [4.78, 5) is 54.1. The number of fused-ring (bicyclic) bond motifs is 2. The molecule has 2 fully saturated rings. The van der Waals surface area contributed by atoms with Gasteiger partial charge in [0.1, 0.15) is 24.0 Å². The van der Waals surface area contributed by atoms with Gasteiger partial charge in [-0.05, 0) is 156 Å². The zero-order valence-electron chi connectivity index (χ0n) is 62.0. The van der Waals surface area contributed by atoms with Crippen molar-refractivity contribution in [3.05, 3.63) is 286 Å². The Hall–Kier alpha value is -10.8. The number of rotatable bonds is 31. The average molecular weight is 1600 g/mol. The van der Waals surface area contributed by atoms with Gasteiger partial charge < -0.3 is 25.3 Å². The molecular formula is C84H86ClN15O8S4. The van der Waals surface area contributed by atoms with Crippen LogP contribution in [0.15, 0.2) is 269 Å². The van der Waals surface area contributed by atoms with Gasteiger partial charge in [0.15, 0.2) is 11.6 Å². The maximum absolute atomic E-state index is 13.8. The largest absolute Gasteiger partial charge is 0.379 e. The van der Waals surface area contributed by atoms with Crippen LogP contribution >= 0.6 is 35.1 Å². The number of nitro groups is 2. The van der Waals surface area contributed by atoms with Gasteiger partial charge in [0.25, 0.3) is 31.4 Å². The van der Waals surface area contributed by atoms with Gasteiger partial charge in [0.05, 0.1) is 30.7 Å². The number of thioether (sulfide) groups is 2. The first-order valence-corrected chi connectivity index (χ1v) is 42.4. The summed E-state index contributed by atoms with van der Waals surface area (Å²) < 4.78 is 59.7. The van der Waals surface area contributed by atoms with E-state index in [1.54, 1.807) is 23.5 Å². The number of piperazine rings is 2. The lowest BCUT2D eigenvalue weighted by Gasteiger charge is -2.36. The van der Waals surface area contributed by atoms with Crippen molar-refractivity contribution in [3.8, 4) is 22.3 Å². The monoisotopic (exact) mass is 1600 g/mol. The standard InChI is InChI=1S/C45H49ClN8O4S2.C39H37N7O4S2/c1-3-51(4-2)22-21-36(31-59-38-13-9-6-10-14-38)49-42-20-17-39(29-44(42)54(55)56)60(57,58)50-45-41-19-16-37(28-43(41)47-32-48-45)53-25-23-52(24-26-53)30-34-27-35(46)15-18-40(34)33-11-7-5-8-12-33;47-46(48)38-26-34(15-17-36(38)40-18-23-51-33-12-5-2-6-13-33)52(49,50)43-39-35-16-14-32(25-37(35)41-28-42-39)45-21-19-44(20-22-45)27-29-8-7-11-31(24-29)30-9-3-1-4-10-30/h5-20,27-29,32,36,49H,3-4,21-26,30-31H2,1-2H3,(H,47,48,50);1-17,24-26,28,40H,18-23,27H2,(H,41,42,43). The molecule has 0 aliphatic carbocycles. The number of anilines is 6. The van der Waals surface area contributed by atoms with Crippen LogP contribution in [0.25, 0.3) is 44.1 Å². The first kappa shape index (κ1) is 79.3. The number of sulfonamides is 2. The van der Waals surface area contributed by atoms with Gasteiger partial charge in [-0.15, -0.1) is 23.5 Å². The van der Waals surface area contributed by atoms with Crippen molar-refractivity contribution < 1.29 is 26.7 Å². The summed E-state index contributed by atoms with van der Waals surface area (Å²) in [6.45, 7) is 15.7. The number of hydrogen-bond donors (Lipinski definition) is 4. The van der Waals surface area contributed by atoms with Crippen LogP contribution in [0.5, 0.6) is 0 Å². The molecule has 576 valence electrons. The van der Waals surface area contributed by atoms with Crippen LogP contribution in [0.3, 0.4) is 0 Å². The third kappa shape index (κ3) is 20.7. The molecule has 14 rings (SSSR count). The van der Waals surface area contributed by atoms with E-state index >= 15 is 0 Å². The maximum atomic E-state index is 13.8. The molecule has 4 heterocycles. The lowest BCUT2D eigenvalue weighted by atomic mass is 9.99. The zero-order valence-corrected chi connectivity index (χ0v) is 66.0. The van der Waals surface area contributed by atoms with Gasteiger partial charge in [-0.1, -0.05) is 147 Å². The summed E-state index contributed by atoms with van der Waals surface area (Å²) in [5.41, 5.74) is 10.2. The molecule has 2 saturated heterocycles. The summed E-state index contributed by atoms with van der Waals surface area (Å²) in [6.07, 6.45) is 3.38. The molecule has 112 heavy (non-hydrogen) atoms. The van der Waals surface area contributed by atoms with E-state index in [4.69, 9.17) is 11.6 Å². The van der Waals surface area contributed by atoms with Gasteiger partial charge in [-0.25, -0.2) is 36.8 Å². The Morgan fingerprint density at radius 3 is 1.55 bits per heavy atom. The topological polar surface area (TPSA) is 270 Å². The number of hydrogen-bond acceptors (Lipinski definition) is 21. The summed E-state index contributed by atoms with van der Waals surface area (Å²) in [6, 6.07) is 74.4. The molecule has 12 aromatic rings. The highest BCUT2D eigenvalue weighted by molar-refractivity contribution is 7.99. The Morgan fingerprint density at radius 2 is 1.01 bits per heavy atom. The Kier molecular flexibility index (Phi) is 26.6. The van der Waals surface area contributed by atoms with E-state index in [1.165, 1.54) is 64.7 Å². The number of halogens is 1. The molecule has 0 amide bonds. The van der Waals surface area contributed by atoms with Crippen LogP contribution in [-0.2, 0) is 33.1 Å². The molecular weight excluding hydrogens is 1510 g/mol. The first-order valence-electron chi connectivity index (χ1n) is 37.1. The maximum Gasteiger partial charge on any atom is 0.293 e. The Balaban J connectivity index is 0.000000198. The molecule has 1 atom stereocenters. The molecule has 0 spiro atoms. The minimum Gasteiger partial charge on any atom is -0.379 e. The Bertz CT molecular complexity index is 5470. The second-order valence-electron chi connectivity index (χ2n) is 27.1. The molecule has 0 bridgehead atoms. The fourth-order valence-corrected chi connectivity index (χ4v) is 17.8. The predicted octanol–water partition coefficient (Wildman–Crippen LogP) is 16.8. The molecule has 4 N–H and O–H groups in total. The molecule has 2 aliphatic heterocycles. The highest BCUT2D eigenvalue weighted by Crippen LogP contribution is 2.36. The first-order chi connectivity index (χ1) is 54.4. The third-order valence-electron chi connectivity index (χ3n) is 19.8. The van der Waals surface area contributed by atoms with Crippen LogP contribution in [0, 0.1) is 20.2 Å². The van der Waals surface area contributed by atoms with E-state index in [9.17, 15) is 37.1 Å². The van der Waals surface area contributed by atoms with E-state index in [0.717, 1.165) is 135 Å². The molecule has 28 heteroatoms. The molecule has 1 unspecified atom stereocenters. The van der Waals surface area contributed by atoms with Gasteiger partial charge in [0.2, 0.25) is 0 Å². The molecule has 2 aromatic heterocycles. The van der Waals surface area contributed by atoms with Gasteiger partial charge in [0, 0.05) is 145 Å². The van der Waals surface area contributed by atoms with E-state index in [2.05, 4.69) is 151 Å². The van der Waals surface area contributed by atoms with Crippen molar-refractivity contribution in [2.45, 2.75) is 59.0 Å². The fourth-order valence-electron chi connectivity index (χ4n) is 13.7. The highest BCUT2D eigenvalue weighted by Gasteiger charge is 2.28. The molecule has 23 nitrogen and oxygen atoms in total. The van der Waals surface area contributed by atoms with Crippen molar-refractivity contribution in [2.75, 3.05) is 120 Å². The molecule has 0 saturated carbocycles. The number of nitrogens with zero attached hydrogens (tertiary/aromatic N) is 11. The summed E-state index contributed by atoms with van der Waals surface area (Å²) in [7, 11) is -8.49. The van der Waals surface area contributed by atoms with Gasteiger partial charge in [-0.3, -0.25) is 39.5 Å². The Morgan fingerprint density at radius 1 is 0.509 bits per heavy atom. The summed E-state index contributed by atoms with van der Waals surface area (Å²) >= 11 is 9.72. The van der Waals surface area contributed by atoms with Crippen molar-refractivity contribution in [1.82, 2.24) is 34.6 Å². The average Bonchev–Trinajstić information content (AvgIpc) is 0.786. The Labute approximate surface area is 666 Å². The number of nitro benzene ring substituents is 2. The van der Waals surface area contributed by atoms with Crippen LogP contribution in [0.1, 0.15) is 31.4 Å². The van der Waals surface area contributed by atoms with Crippen molar-refractivity contribution in [1.29, 1.82) is 0 Å². The fraction of sp³-hybridized carbons (Fsp3) is 0.238. The van der Waals surface area contributed by atoms with Crippen molar-refractivity contribution in [3.63, 3.8) is 0 Å². The van der Waals surface area contributed by atoms with Crippen molar-refractivity contribution in [2.24, 2.45) is 0 Å². The molecule has 0 radical (unpaired) electrons. The molecule has 2 aliphatic rings. The van der Waals surface area contributed by atoms with Gasteiger partial charge >= 0.3 is 0 Å². The lowest BCUT2D eigenvalue weighted by molar-refractivity contribution is -0.384. The van der Waals surface area contributed by atoms with Crippen LogP contribution < -0.4 is 29.9 Å². The normalized spacial score (nSPS) is 13.8. The molecule has 10 aromatic carbocycles. The predicted molar refractivity (Wildman–Crippen MR) is 453 cm³/mol. The number of benzene rings is 10. The van der Waals surface area contributed by atoms with Crippen LogP contribution in [-0.4, -0.2) is 157 Å². The SMILES string of the molecule is CCN(CC)CCC(CSc1ccccc1)Nc1ccc(S(=O)(=O)Nc2ncnc3cc(N4CCN(Cc5cc(Cl)ccc5-c5ccccc5)CC4)ccc23)cc1[N+](=O)[O-].O=[N+]([O-])c1cc(S(=O)(=O)Nc2ncnc3cc(N4CCN(Cc5cccc(-c6ccccc6)c5)CC4)ccc23)ccc1NCCSc1ccccc1. The minimum atomic E-state index is -4.27. The van der Waals surface area contributed by atoms with Gasteiger partial charge in [-0.2, -0.15) is 0 Å². The van der Waals surface area contributed by atoms with E-state index < -0.39 is 29.9 Å². The van der Waals surface area contributed by atoms with E-state index in [1.807, 2.05) is 127 Å². The second-order valence-corrected chi connectivity index (χ2v) is 33.1. The van der Waals surface area contributed by atoms with E-state index in [0.29, 0.717) is 39.9 Å². The summed E-state index contributed by atoms with van der Waals surface area (Å²) in [5, 5.41) is 32.5. The highest BCUT2D eigenvalue weighted by atomic mass is 35.5. The summed E-state index contributed by atoms with van der Waals surface area (Å²) in [5.74, 6) is 1.53. The smallest absolute Gasteiger partial charge is 0.293 e. The van der Waals surface area contributed by atoms with Crippen molar-refractivity contribution >= 4 is 123 Å².